The minimum atomic E-state index is -4.54. The number of halogens is 4. The molecule has 0 radical (unpaired) electrons. The lowest BCUT2D eigenvalue weighted by Crippen LogP contribution is -2.54. The number of aliphatic hydroxyl groups excluding tert-OH is 1. The number of pyridine rings is 1. The fourth-order valence-corrected chi connectivity index (χ4v) is 5.91. The quantitative estimate of drug-likeness (QED) is 0.280. The summed E-state index contributed by atoms with van der Waals surface area (Å²) in [5.41, 5.74) is 1.16. The normalized spacial score (nSPS) is 25.1. The van der Waals surface area contributed by atoms with E-state index in [0.29, 0.717) is 17.4 Å². The van der Waals surface area contributed by atoms with Gasteiger partial charge in [-0.3, -0.25) is 4.90 Å². The number of aliphatic hydroxyl groups is 1. The van der Waals surface area contributed by atoms with Gasteiger partial charge in [-0.25, -0.2) is 4.39 Å². The molecule has 3 saturated heterocycles. The molecule has 3 aliphatic heterocycles. The molecule has 2 aromatic carbocycles. The summed E-state index contributed by atoms with van der Waals surface area (Å²) in [6.07, 6.45) is 0.654. The summed E-state index contributed by atoms with van der Waals surface area (Å²) < 4.78 is 55.2. The number of alkyl halides is 4. The third-order valence-corrected chi connectivity index (χ3v) is 7.68. The Labute approximate surface area is 202 Å². The molecule has 3 nitrogen and oxygen atoms in total. The number of nitrogens with zero attached hydrogens (tertiary/aromatic N) is 2. The van der Waals surface area contributed by atoms with E-state index in [1.807, 2.05) is 41.0 Å². The van der Waals surface area contributed by atoms with Gasteiger partial charge in [0, 0.05) is 35.8 Å². The summed E-state index contributed by atoms with van der Waals surface area (Å²) in [7, 11) is 0. The van der Waals surface area contributed by atoms with Crippen molar-refractivity contribution in [3.63, 3.8) is 0 Å². The molecule has 35 heavy (non-hydrogen) atoms. The lowest BCUT2D eigenvalue weighted by atomic mass is 9.73. The highest BCUT2D eigenvalue weighted by Crippen LogP contribution is 2.42. The molecule has 0 amide bonds. The van der Waals surface area contributed by atoms with E-state index in [1.54, 1.807) is 6.20 Å². The number of hydrogen-bond donors (Lipinski definition) is 1. The second-order valence-electron chi connectivity index (χ2n) is 9.78. The number of aromatic nitrogens is 1. The first-order chi connectivity index (χ1) is 16.8. The molecule has 4 unspecified atom stereocenters. The van der Waals surface area contributed by atoms with Crippen LogP contribution in [-0.4, -0.2) is 29.1 Å². The van der Waals surface area contributed by atoms with Crippen LogP contribution in [-0.2, 0) is 19.4 Å². The van der Waals surface area contributed by atoms with Crippen molar-refractivity contribution >= 4 is 10.9 Å². The molecule has 184 valence electrons. The van der Waals surface area contributed by atoms with E-state index in [9.17, 15) is 22.7 Å². The van der Waals surface area contributed by atoms with E-state index in [4.69, 9.17) is 0 Å². The maximum atomic E-state index is 13.3. The third kappa shape index (κ3) is 4.59. The Kier molecular flexibility index (Phi) is 6.40. The highest BCUT2D eigenvalue weighted by Gasteiger charge is 2.42. The van der Waals surface area contributed by atoms with Gasteiger partial charge in [0.15, 0.2) is 12.7 Å². The van der Waals surface area contributed by atoms with Crippen molar-refractivity contribution < 1.29 is 27.2 Å². The zero-order valence-electron chi connectivity index (χ0n) is 19.4. The van der Waals surface area contributed by atoms with Crippen molar-refractivity contribution in [1.29, 1.82) is 0 Å². The first kappa shape index (κ1) is 23.9. The summed E-state index contributed by atoms with van der Waals surface area (Å²) in [4.78, 5) is 2.36. The summed E-state index contributed by atoms with van der Waals surface area (Å²) in [6, 6.07) is 12.9. The van der Waals surface area contributed by atoms with Crippen LogP contribution >= 0.6 is 0 Å². The number of fused-ring (bicyclic) bond motifs is 4. The summed E-state index contributed by atoms with van der Waals surface area (Å²) in [5, 5.41) is 12.3. The Morgan fingerprint density at radius 3 is 2.60 bits per heavy atom. The highest BCUT2D eigenvalue weighted by atomic mass is 19.4. The molecule has 7 heteroatoms. The Morgan fingerprint density at radius 2 is 1.91 bits per heavy atom. The van der Waals surface area contributed by atoms with Crippen LogP contribution in [0.1, 0.15) is 41.2 Å². The Hall–Kier alpha value is -2.77. The van der Waals surface area contributed by atoms with Gasteiger partial charge in [0.2, 0.25) is 5.52 Å². The molecule has 3 aliphatic rings. The Bertz CT molecular complexity index is 1240. The molecular formula is C28H29F4N2O+. The lowest BCUT2D eigenvalue weighted by Gasteiger charge is -2.50. The largest absolute Gasteiger partial charge is 0.416 e. The fraction of sp³-hybridized carbons (Fsp3) is 0.393. The van der Waals surface area contributed by atoms with E-state index in [1.165, 1.54) is 6.07 Å². The molecule has 2 bridgehead atoms. The van der Waals surface area contributed by atoms with Crippen LogP contribution in [0.3, 0.4) is 0 Å². The first-order valence-electron chi connectivity index (χ1n) is 12.0. The standard InChI is InChI=1S/C28H29F4N2O/c1-2-20-17-34-9-7-21(20)14-26(34)27(35)24-8-10-33(25-6-4-3-5-23(24)25)16-19-11-18(15-29)12-22(13-19)28(30,31)32/h2-6,8,10-13,20-21,26-27,35H,1,7,9,14-17H2/q+1/t20?,21?,26?,27-/m1/s1. The van der Waals surface area contributed by atoms with Crippen molar-refractivity contribution in [1.82, 2.24) is 4.90 Å². The molecule has 1 aromatic heterocycles. The molecular weight excluding hydrogens is 456 g/mol. The van der Waals surface area contributed by atoms with E-state index < -0.39 is 24.5 Å². The zero-order chi connectivity index (χ0) is 24.7. The predicted octanol–water partition coefficient (Wildman–Crippen LogP) is 5.59. The van der Waals surface area contributed by atoms with Crippen LogP contribution in [0.5, 0.6) is 0 Å². The molecule has 1 N–H and O–H groups in total. The number of hydrogen-bond acceptors (Lipinski definition) is 2. The molecule has 0 spiro atoms. The van der Waals surface area contributed by atoms with Crippen LogP contribution in [0.15, 0.2) is 67.4 Å². The van der Waals surface area contributed by atoms with Crippen LogP contribution in [0.2, 0.25) is 0 Å². The summed E-state index contributed by atoms with van der Waals surface area (Å²) >= 11 is 0. The molecule has 3 aromatic rings. The molecule has 6 rings (SSSR count). The maximum Gasteiger partial charge on any atom is 0.416 e. The van der Waals surface area contributed by atoms with E-state index in [2.05, 4.69) is 11.5 Å². The zero-order valence-corrected chi connectivity index (χ0v) is 19.4. The third-order valence-electron chi connectivity index (χ3n) is 7.68. The Morgan fingerprint density at radius 1 is 1.14 bits per heavy atom. The average Bonchev–Trinajstić information content (AvgIpc) is 2.88. The minimum absolute atomic E-state index is 0.00556. The summed E-state index contributed by atoms with van der Waals surface area (Å²) in [5.74, 6) is 0.992. The maximum absolute atomic E-state index is 13.3. The molecule has 5 atom stereocenters. The SMILES string of the molecule is C=CC1CN2CCC1CC2[C@H](O)c1cc[n+](Cc2cc(CF)cc(C(F)(F)F)c2)c2ccccc12. The molecule has 0 saturated carbocycles. The molecule has 3 fully saturated rings. The van der Waals surface area contributed by atoms with Gasteiger partial charge in [-0.1, -0.05) is 18.2 Å². The van der Waals surface area contributed by atoms with E-state index in [-0.39, 0.29) is 18.2 Å². The monoisotopic (exact) mass is 485 g/mol. The molecule has 0 aliphatic carbocycles. The summed E-state index contributed by atoms with van der Waals surface area (Å²) in [6.45, 7) is 5.05. The lowest BCUT2D eigenvalue weighted by molar-refractivity contribution is -0.662. The van der Waals surface area contributed by atoms with Crippen molar-refractivity contribution in [2.75, 3.05) is 13.1 Å². The number of piperidine rings is 3. The highest BCUT2D eigenvalue weighted by molar-refractivity contribution is 5.79. The van der Waals surface area contributed by atoms with E-state index >= 15 is 0 Å². The number of rotatable bonds is 6. The van der Waals surface area contributed by atoms with Crippen LogP contribution < -0.4 is 4.57 Å². The smallest absolute Gasteiger partial charge is 0.387 e. The van der Waals surface area contributed by atoms with Crippen molar-refractivity contribution in [2.45, 2.75) is 44.4 Å². The van der Waals surface area contributed by atoms with Crippen LogP contribution in [0.25, 0.3) is 10.9 Å². The number of para-hydroxylation sites is 1. The Balaban J connectivity index is 1.48. The van der Waals surface area contributed by atoms with E-state index in [0.717, 1.165) is 54.5 Å². The van der Waals surface area contributed by atoms with Crippen molar-refractivity contribution in [2.24, 2.45) is 11.8 Å². The first-order valence-corrected chi connectivity index (χ1v) is 12.0. The minimum Gasteiger partial charge on any atom is -0.387 e. The van der Waals surface area contributed by atoms with Gasteiger partial charge < -0.3 is 5.11 Å². The predicted molar refractivity (Wildman–Crippen MR) is 126 cm³/mol. The fourth-order valence-electron chi connectivity index (χ4n) is 5.91. The van der Waals surface area contributed by atoms with Gasteiger partial charge in [-0.05, 0) is 61.1 Å². The second kappa shape index (κ2) is 9.36. The second-order valence-corrected chi connectivity index (χ2v) is 9.78. The van der Waals surface area contributed by atoms with Gasteiger partial charge in [-0.15, -0.1) is 6.58 Å². The van der Waals surface area contributed by atoms with Gasteiger partial charge in [0.05, 0.1) is 17.1 Å². The van der Waals surface area contributed by atoms with Crippen molar-refractivity contribution in [3.05, 3.63) is 89.6 Å². The van der Waals surface area contributed by atoms with Crippen molar-refractivity contribution in [3.8, 4) is 0 Å². The van der Waals surface area contributed by atoms with Crippen LogP contribution in [0, 0.1) is 11.8 Å². The van der Waals surface area contributed by atoms with Gasteiger partial charge in [0.1, 0.15) is 6.67 Å². The van der Waals surface area contributed by atoms with Gasteiger partial charge in [0.25, 0.3) is 0 Å². The number of benzene rings is 2. The molecule has 4 heterocycles. The van der Waals surface area contributed by atoms with Crippen LogP contribution in [0.4, 0.5) is 17.6 Å². The topological polar surface area (TPSA) is 27.3 Å². The van der Waals surface area contributed by atoms with Gasteiger partial charge >= 0.3 is 6.18 Å². The average molecular weight is 486 g/mol. The van der Waals surface area contributed by atoms with Gasteiger partial charge in [-0.2, -0.15) is 17.7 Å².